The zero-order valence-electron chi connectivity index (χ0n) is 19.7. The minimum Gasteiger partial charge on any atom is -0.496 e. The molecule has 3 heterocycles. The van der Waals surface area contributed by atoms with Crippen molar-refractivity contribution in [2.24, 2.45) is 0 Å². The SMILES string of the molecule is COc1cc2nc(C)c(=O)[nH]c2cc1CN1CCN(c2ccc(C(=O)NCCO)nc2C)CC1. The van der Waals surface area contributed by atoms with Gasteiger partial charge in [0.05, 0.1) is 36.1 Å². The van der Waals surface area contributed by atoms with E-state index in [1.165, 1.54) is 0 Å². The molecule has 3 N–H and O–H groups in total. The van der Waals surface area contributed by atoms with Crippen LogP contribution in [0.3, 0.4) is 0 Å². The van der Waals surface area contributed by atoms with Gasteiger partial charge in [-0.25, -0.2) is 9.97 Å². The molecular weight excluding hydrogens is 436 g/mol. The Bertz CT molecular complexity index is 1250. The maximum atomic E-state index is 12.1. The summed E-state index contributed by atoms with van der Waals surface area (Å²) in [5.41, 5.74) is 4.82. The number of piperazine rings is 1. The van der Waals surface area contributed by atoms with Crippen molar-refractivity contribution in [3.8, 4) is 5.75 Å². The number of aliphatic hydroxyl groups excluding tert-OH is 1. The van der Waals surface area contributed by atoms with Crippen LogP contribution in [0.4, 0.5) is 5.69 Å². The van der Waals surface area contributed by atoms with Gasteiger partial charge in [0.2, 0.25) is 0 Å². The minimum absolute atomic E-state index is 0.105. The number of ether oxygens (including phenoxy) is 1. The summed E-state index contributed by atoms with van der Waals surface area (Å²) >= 11 is 0. The van der Waals surface area contributed by atoms with Crippen LogP contribution in [0.25, 0.3) is 11.0 Å². The summed E-state index contributed by atoms with van der Waals surface area (Å²) in [7, 11) is 1.64. The van der Waals surface area contributed by atoms with E-state index in [4.69, 9.17) is 9.84 Å². The molecule has 0 bridgehead atoms. The first-order chi connectivity index (χ1) is 16.4. The first-order valence-electron chi connectivity index (χ1n) is 11.3. The second-order valence-electron chi connectivity index (χ2n) is 8.38. The maximum absolute atomic E-state index is 12.1. The lowest BCUT2D eigenvalue weighted by Gasteiger charge is -2.36. The number of nitrogens with one attached hydrogen (secondary N) is 2. The van der Waals surface area contributed by atoms with Gasteiger partial charge in [-0.2, -0.15) is 0 Å². The van der Waals surface area contributed by atoms with Gasteiger partial charge in [-0.05, 0) is 32.0 Å². The van der Waals surface area contributed by atoms with Gasteiger partial charge in [-0.1, -0.05) is 0 Å². The van der Waals surface area contributed by atoms with Gasteiger partial charge < -0.3 is 25.0 Å². The Kier molecular flexibility index (Phi) is 7.09. The van der Waals surface area contributed by atoms with Crippen LogP contribution in [-0.4, -0.2) is 77.3 Å². The minimum atomic E-state index is -0.287. The number of rotatable bonds is 7. The predicted octanol–water partition coefficient (Wildman–Crippen LogP) is 0.988. The van der Waals surface area contributed by atoms with Crippen LogP contribution >= 0.6 is 0 Å². The standard InChI is InChI=1S/C24H30N6O4/c1-15-21(5-4-18(26-15)24(33)25-6-11-31)30-9-7-29(8-10-30)14-17-12-19-20(13-22(17)34-3)27-16(2)23(32)28-19/h4-5,12-13,31H,6-11,14H2,1-3H3,(H,25,33)(H,28,32). The number of nitrogens with zero attached hydrogens (tertiary/aromatic N) is 4. The number of amides is 1. The number of aliphatic hydroxyl groups is 1. The Labute approximate surface area is 197 Å². The zero-order valence-corrected chi connectivity index (χ0v) is 19.7. The van der Waals surface area contributed by atoms with Gasteiger partial charge in [0.15, 0.2) is 0 Å². The van der Waals surface area contributed by atoms with Crippen molar-refractivity contribution in [1.29, 1.82) is 0 Å². The molecule has 10 nitrogen and oxygen atoms in total. The highest BCUT2D eigenvalue weighted by Crippen LogP contribution is 2.26. The number of anilines is 1. The fourth-order valence-electron chi connectivity index (χ4n) is 4.23. The third-order valence-corrected chi connectivity index (χ3v) is 6.06. The molecule has 10 heteroatoms. The predicted molar refractivity (Wildman–Crippen MR) is 130 cm³/mol. The van der Waals surface area contributed by atoms with Crippen molar-refractivity contribution in [2.75, 3.05) is 51.3 Å². The summed E-state index contributed by atoms with van der Waals surface area (Å²) in [6.07, 6.45) is 0. The molecular formula is C24H30N6O4. The quantitative estimate of drug-likeness (QED) is 0.471. The number of fused-ring (bicyclic) bond motifs is 1. The van der Waals surface area contributed by atoms with Gasteiger partial charge in [-0.3, -0.25) is 14.5 Å². The summed E-state index contributed by atoms with van der Waals surface area (Å²) in [4.78, 5) is 40.4. The van der Waals surface area contributed by atoms with Crippen LogP contribution in [0.2, 0.25) is 0 Å². The van der Waals surface area contributed by atoms with Gasteiger partial charge >= 0.3 is 0 Å². The molecule has 0 unspecified atom stereocenters. The van der Waals surface area contributed by atoms with Crippen LogP contribution in [0.15, 0.2) is 29.1 Å². The first kappa shape index (κ1) is 23.7. The second kappa shape index (κ2) is 10.2. The molecule has 1 fully saturated rings. The highest BCUT2D eigenvalue weighted by atomic mass is 16.5. The Morgan fingerprint density at radius 3 is 2.59 bits per heavy atom. The smallest absolute Gasteiger partial charge is 0.269 e. The third-order valence-electron chi connectivity index (χ3n) is 6.06. The van der Waals surface area contributed by atoms with Crippen LogP contribution in [0.1, 0.15) is 27.4 Å². The lowest BCUT2D eigenvalue weighted by molar-refractivity contribution is 0.0939. The number of carbonyl (C=O) groups excluding carboxylic acids is 1. The van der Waals surface area contributed by atoms with E-state index in [9.17, 15) is 9.59 Å². The summed E-state index contributed by atoms with van der Waals surface area (Å²) in [5, 5.41) is 11.5. The molecule has 4 rings (SSSR count). The van der Waals surface area contributed by atoms with Crippen molar-refractivity contribution < 1.29 is 14.6 Å². The Morgan fingerprint density at radius 2 is 1.91 bits per heavy atom. The van der Waals surface area contributed by atoms with E-state index < -0.39 is 0 Å². The lowest BCUT2D eigenvalue weighted by Crippen LogP contribution is -2.46. The van der Waals surface area contributed by atoms with Crippen LogP contribution in [0, 0.1) is 13.8 Å². The average Bonchev–Trinajstić information content (AvgIpc) is 2.83. The summed E-state index contributed by atoms with van der Waals surface area (Å²) in [6, 6.07) is 7.47. The Hall–Kier alpha value is -3.50. The van der Waals surface area contributed by atoms with Crippen LogP contribution < -0.4 is 20.5 Å². The number of aromatic nitrogens is 3. The molecule has 180 valence electrons. The molecule has 1 saturated heterocycles. The third kappa shape index (κ3) is 5.02. The van der Waals surface area contributed by atoms with E-state index in [2.05, 4.69) is 30.1 Å². The average molecular weight is 467 g/mol. The van der Waals surface area contributed by atoms with E-state index >= 15 is 0 Å². The van der Waals surface area contributed by atoms with Crippen molar-refractivity contribution in [1.82, 2.24) is 25.2 Å². The van der Waals surface area contributed by atoms with Crippen LogP contribution in [-0.2, 0) is 6.54 Å². The van der Waals surface area contributed by atoms with Gasteiger partial charge in [0.25, 0.3) is 11.5 Å². The number of hydrogen-bond donors (Lipinski definition) is 3. The van der Waals surface area contributed by atoms with Gasteiger partial charge in [0, 0.05) is 50.9 Å². The molecule has 0 aliphatic carbocycles. The number of benzene rings is 1. The summed E-state index contributed by atoms with van der Waals surface area (Å²) < 4.78 is 5.60. The van der Waals surface area contributed by atoms with Crippen molar-refractivity contribution in [3.05, 3.63) is 57.3 Å². The molecule has 0 spiro atoms. The van der Waals surface area contributed by atoms with E-state index in [0.717, 1.165) is 48.9 Å². The fourth-order valence-corrected chi connectivity index (χ4v) is 4.23. The molecule has 0 radical (unpaired) electrons. The maximum Gasteiger partial charge on any atom is 0.269 e. The normalized spacial score (nSPS) is 14.4. The number of methoxy groups -OCH3 is 1. The van der Waals surface area contributed by atoms with E-state index in [-0.39, 0.29) is 24.6 Å². The zero-order chi connectivity index (χ0) is 24.2. The summed E-state index contributed by atoms with van der Waals surface area (Å²) in [6.45, 7) is 7.74. The molecule has 2 aromatic heterocycles. The number of aromatic amines is 1. The number of hydrogen-bond acceptors (Lipinski definition) is 8. The topological polar surface area (TPSA) is 124 Å². The summed E-state index contributed by atoms with van der Waals surface area (Å²) in [5.74, 6) is 0.466. The highest BCUT2D eigenvalue weighted by Gasteiger charge is 2.21. The van der Waals surface area contributed by atoms with Crippen molar-refractivity contribution in [2.45, 2.75) is 20.4 Å². The molecule has 34 heavy (non-hydrogen) atoms. The van der Waals surface area contributed by atoms with Crippen molar-refractivity contribution >= 4 is 22.6 Å². The number of carbonyl (C=O) groups is 1. The van der Waals surface area contributed by atoms with E-state index in [1.54, 1.807) is 20.1 Å². The number of aryl methyl sites for hydroxylation is 2. The van der Waals surface area contributed by atoms with Crippen LogP contribution in [0.5, 0.6) is 5.75 Å². The largest absolute Gasteiger partial charge is 0.496 e. The molecule has 0 saturated carbocycles. The molecule has 1 amide bonds. The van der Waals surface area contributed by atoms with Gasteiger partial charge in [0.1, 0.15) is 17.1 Å². The molecule has 0 atom stereocenters. The second-order valence-corrected chi connectivity index (χ2v) is 8.38. The highest BCUT2D eigenvalue weighted by molar-refractivity contribution is 5.92. The number of pyridine rings is 1. The number of H-pyrrole nitrogens is 1. The molecule has 1 aromatic carbocycles. The van der Waals surface area contributed by atoms with E-state index in [0.29, 0.717) is 29.0 Å². The molecule has 1 aliphatic rings. The molecule has 1 aliphatic heterocycles. The Morgan fingerprint density at radius 1 is 1.15 bits per heavy atom. The fraction of sp³-hybridized carbons (Fsp3) is 0.417. The monoisotopic (exact) mass is 466 g/mol. The molecule has 3 aromatic rings. The first-order valence-corrected chi connectivity index (χ1v) is 11.3. The van der Waals surface area contributed by atoms with Crippen molar-refractivity contribution in [3.63, 3.8) is 0 Å². The lowest BCUT2D eigenvalue weighted by atomic mass is 10.1. The van der Waals surface area contributed by atoms with E-state index in [1.807, 2.05) is 25.1 Å². The van der Waals surface area contributed by atoms with Gasteiger partial charge in [-0.15, -0.1) is 0 Å². The Balaban J connectivity index is 1.43.